The number of anilines is 1. The predicted molar refractivity (Wildman–Crippen MR) is 78.3 cm³/mol. The number of carbonyl (C=O) groups excluding carboxylic acids is 1. The highest BCUT2D eigenvalue weighted by molar-refractivity contribution is 9.10. The van der Waals surface area contributed by atoms with Gasteiger partial charge in [0.2, 0.25) is 0 Å². The van der Waals surface area contributed by atoms with Crippen molar-refractivity contribution in [3.63, 3.8) is 0 Å². The van der Waals surface area contributed by atoms with Crippen molar-refractivity contribution >= 4 is 37.7 Å². The van der Waals surface area contributed by atoms with E-state index in [1.165, 1.54) is 43.8 Å². The van der Waals surface area contributed by atoms with Gasteiger partial charge >= 0.3 is 5.97 Å². The average Bonchev–Trinajstić information content (AvgIpc) is 2.49. The molecule has 0 radical (unpaired) electrons. The highest BCUT2D eigenvalue weighted by Crippen LogP contribution is 2.15. The lowest BCUT2D eigenvalue weighted by Crippen LogP contribution is -2.14. The lowest BCUT2D eigenvalue weighted by molar-refractivity contribution is 0.0600. The molecule has 0 fully saturated rings. The van der Waals surface area contributed by atoms with Crippen LogP contribution in [0.1, 0.15) is 10.4 Å². The molecule has 0 saturated carbocycles. The number of hydrogen-bond acceptors (Lipinski definition) is 6. The Morgan fingerprint density at radius 3 is 2.38 bits per heavy atom. The molecule has 0 saturated heterocycles. The van der Waals surface area contributed by atoms with Crippen molar-refractivity contribution in [2.75, 3.05) is 11.8 Å². The first-order valence-corrected chi connectivity index (χ1v) is 7.89. The number of ether oxygens (including phenoxy) is 1. The van der Waals surface area contributed by atoms with Gasteiger partial charge in [-0.1, -0.05) is 0 Å². The third-order valence-electron chi connectivity index (χ3n) is 2.44. The second kappa shape index (κ2) is 6.19. The molecule has 1 aromatic heterocycles. The summed E-state index contributed by atoms with van der Waals surface area (Å²) in [5.41, 5.74) is 0.264. The lowest BCUT2D eigenvalue weighted by atomic mass is 10.2. The first-order valence-electron chi connectivity index (χ1n) is 5.61. The Balaban J connectivity index is 2.23. The van der Waals surface area contributed by atoms with Crippen LogP contribution >= 0.6 is 15.9 Å². The summed E-state index contributed by atoms with van der Waals surface area (Å²) in [5, 5.41) is 0. The summed E-state index contributed by atoms with van der Waals surface area (Å²) in [7, 11) is -2.54. The number of rotatable bonds is 4. The summed E-state index contributed by atoms with van der Waals surface area (Å²) in [6.45, 7) is 0. The second-order valence-corrected chi connectivity index (χ2v) is 6.34. The molecule has 0 amide bonds. The molecule has 2 rings (SSSR count). The minimum absolute atomic E-state index is 0.000119. The lowest BCUT2D eigenvalue weighted by Gasteiger charge is -2.07. The summed E-state index contributed by atoms with van der Waals surface area (Å²) in [4.78, 5) is 19.0. The van der Waals surface area contributed by atoms with Crippen molar-refractivity contribution < 1.29 is 17.9 Å². The van der Waals surface area contributed by atoms with E-state index in [2.05, 4.69) is 35.4 Å². The quantitative estimate of drug-likeness (QED) is 0.823. The fraction of sp³-hybridized carbons (Fsp3) is 0.0833. The van der Waals surface area contributed by atoms with Crippen LogP contribution in [0.15, 0.2) is 46.2 Å². The van der Waals surface area contributed by atoms with Crippen LogP contribution in [0.3, 0.4) is 0 Å². The highest BCUT2D eigenvalue weighted by Gasteiger charge is 2.16. The number of methoxy groups -OCH3 is 1. The topological polar surface area (TPSA) is 98.2 Å². The Kier molecular flexibility index (Phi) is 4.53. The minimum atomic E-state index is -3.80. The number of aromatic nitrogens is 2. The van der Waals surface area contributed by atoms with Crippen molar-refractivity contribution in [1.82, 2.24) is 9.97 Å². The Morgan fingerprint density at radius 2 is 1.86 bits per heavy atom. The number of halogens is 1. The van der Waals surface area contributed by atoms with E-state index < -0.39 is 16.0 Å². The summed E-state index contributed by atoms with van der Waals surface area (Å²) in [5.74, 6) is -0.444. The van der Waals surface area contributed by atoms with Crippen LogP contribution in [-0.2, 0) is 14.8 Å². The van der Waals surface area contributed by atoms with Crippen molar-refractivity contribution in [1.29, 1.82) is 0 Å². The number of carbonyl (C=O) groups is 1. The van der Waals surface area contributed by atoms with Crippen molar-refractivity contribution in [3.8, 4) is 0 Å². The summed E-state index contributed by atoms with van der Waals surface area (Å²) in [6.07, 6.45) is 2.66. The first-order chi connectivity index (χ1) is 9.92. The number of nitrogens with zero attached hydrogens (tertiary/aromatic N) is 2. The average molecular weight is 372 g/mol. The van der Waals surface area contributed by atoms with Crippen LogP contribution < -0.4 is 4.72 Å². The molecule has 0 spiro atoms. The summed E-state index contributed by atoms with van der Waals surface area (Å²) in [6, 6.07) is 5.35. The SMILES string of the molecule is COC(=O)c1ccc(S(=O)(=O)Nc2cnc(Br)cn2)cc1. The molecule has 1 heterocycles. The molecule has 2 aromatic rings. The van der Waals surface area contributed by atoms with Gasteiger partial charge in [0, 0.05) is 0 Å². The van der Waals surface area contributed by atoms with Crippen LogP contribution in [0.2, 0.25) is 0 Å². The zero-order valence-electron chi connectivity index (χ0n) is 10.8. The maximum atomic E-state index is 12.1. The molecule has 7 nitrogen and oxygen atoms in total. The van der Waals surface area contributed by atoms with Crippen molar-refractivity contribution in [2.24, 2.45) is 0 Å². The standard InChI is InChI=1S/C12H10BrN3O4S/c1-20-12(17)8-2-4-9(5-3-8)21(18,19)16-11-7-14-10(13)6-15-11/h2-7H,1H3,(H,15,16). The van der Waals surface area contributed by atoms with Gasteiger partial charge in [0.15, 0.2) is 5.82 Å². The molecule has 1 aromatic carbocycles. The Hall–Kier alpha value is -2.00. The largest absolute Gasteiger partial charge is 0.465 e. The van der Waals surface area contributed by atoms with E-state index in [1.807, 2.05) is 0 Å². The van der Waals surface area contributed by atoms with Gasteiger partial charge in [-0.3, -0.25) is 4.72 Å². The van der Waals surface area contributed by atoms with Gasteiger partial charge in [0.1, 0.15) is 4.60 Å². The molecule has 9 heteroatoms. The smallest absolute Gasteiger partial charge is 0.337 e. The van der Waals surface area contributed by atoms with Gasteiger partial charge in [0.05, 0.1) is 30.0 Å². The third kappa shape index (κ3) is 3.76. The number of nitrogens with one attached hydrogen (secondary N) is 1. The van der Waals surface area contributed by atoms with Crippen LogP contribution in [-0.4, -0.2) is 31.5 Å². The normalized spacial score (nSPS) is 11.0. The number of esters is 1. The maximum absolute atomic E-state index is 12.1. The van der Waals surface area contributed by atoms with E-state index in [0.717, 1.165) is 0 Å². The summed E-state index contributed by atoms with van der Waals surface area (Å²) >= 11 is 3.10. The molecule has 0 atom stereocenters. The molecule has 1 N–H and O–H groups in total. The van der Waals surface area contributed by atoms with E-state index in [1.54, 1.807) is 0 Å². The van der Waals surface area contributed by atoms with Crippen LogP contribution in [0, 0.1) is 0 Å². The van der Waals surface area contributed by atoms with Gasteiger partial charge in [-0.25, -0.2) is 23.2 Å². The summed E-state index contributed by atoms with van der Waals surface area (Å²) < 4.78 is 31.6. The number of benzene rings is 1. The fourth-order valence-electron chi connectivity index (χ4n) is 1.45. The number of sulfonamides is 1. The Morgan fingerprint density at radius 1 is 1.19 bits per heavy atom. The molecule has 0 aliphatic carbocycles. The van der Waals surface area contributed by atoms with E-state index in [9.17, 15) is 13.2 Å². The Bertz CT molecular complexity index is 745. The van der Waals surface area contributed by atoms with Crippen LogP contribution in [0.4, 0.5) is 5.82 Å². The maximum Gasteiger partial charge on any atom is 0.337 e. The molecular formula is C12H10BrN3O4S. The Labute approximate surface area is 129 Å². The molecule has 0 bridgehead atoms. The van der Waals surface area contributed by atoms with E-state index in [-0.39, 0.29) is 16.3 Å². The molecule has 0 aliphatic rings. The van der Waals surface area contributed by atoms with Gasteiger partial charge < -0.3 is 4.74 Å². The first kappa shape index (κ1) is 15.4. The minimum Gasteiger partial charge on any atom is -0.465 e. The van der Waals surface area contributed by atoms with Gasteiger partial charge in [0.25, 0.3) is 10.0 Å². The second-order valence-electron chi connectivity index (χ2n) is 3.85. The molecular weight excluding hydrogens is 362 g/mol. The van der Waals surface area contributed by atoms with Crippen molar-refractivity contribution in [2.45, 2.75) is 4.90 Å². The molecule has 110 valence electrons. The van der Waals surface area contributed by atoms with Crippen LogP contribution in [0.5, 0.6) is 0 Å². The van der Waals surface area contributed by atoms with Crippen molar-refractivity contribution in [3.05, 3.63) is 46.8 Å². The van der Waals surface area contributed by atoms with Gasteiger partial charge in [-0.2, -0.15) is 0 Å². The van der Waals surface area contributed by atoms with Gasteiger partial charge in [-0.15, -0.1) is 0 Å². The predicted octanol–water partition coefficient (Wildman–Crippen LogP) is 1.83. The van der Waals surface area contributed by atoms with E-state index in [4.69, 9.17) is 0 Å². The molecule has 0 unspecified atom stereocenters. The highest BCUT2D eigenvalue weighted by atomic mass is 79.9. The third-order valence-corrected chi connectivity index (χ3v) is 4.23. The number of hydrogen-bond donors (Lipinski definition) is 1. The van der Waals surface area contributed by atoms with Crippen LogP contribution in [0.25, 0.3) is 0 Å². The zero-order valence-corrected chi connectivity index (χ0v) is 13.2. The molecule has 21 heavy (non-hydrogen) atoms. The fourth-order valence-corrected chi connectivity index (χ4v) is 2.65. The van der Waals surface area contributed by atoms with E-state index >= 15 is 0 Å². The monoisotopic (exact) mass is 371 g/mol. The zero-order chi connectivity index (χ0) is 15.5. The van der Waals surface area contributed by atoms with E-state index in [0.29, 0.717) is 4.60 Å². The van der Waals surface area contributed by atoms with Gasteiger partial charge in [-0.05, 0) is 40.2 Å². The molecule has 0 aliphatic heterocycles.